The van der Waals surface area contributed by atoms with Crippen molar-refractivity contribution in [1.82, 2.24) is 9.13 Å². The molecule has 2 aromatic rings. The monoisotopic (exact) mass is 352 g/mol. The Hall–Kier alpha value is -2.69. The van der Waals surface area contributed by atoms with Crippen LogP contribution < -0.4 is 11.2 Å². The molecule has 0 bridgehead atoms. The molecule has 1 aromatic carbocycles. The molecule has 1 aromatic heterocycles. The van der Waals surface area contributed by atoms with Gasteiger partial charge in [-0.15, -0.1) is 0 Å². The topological polar surface area (TPSA) is 61.1 Å². The minimum absolute atomic E-state index is 0.156. The van der Waals surface area contributed by atoms with Gasteiger partial charge in [0.05, 0.1) is 5.56 Å². The van der Waals surface area contributed by atoms with Gasteiger partial charge in [-0.1, -0.05) is 43.5 Å². The van der Waals surface area contributed by atoms with Gasteiger partial charge in [-0.2, -0.15) is 0 Å². The highest BCUT2D eigenvalue weighted by Crippen LogP contribution is 2.32. The Bertz CT molecular complexity index is 943. The summed E-state index contributed by atoms with van der Waals surface area (Å²) in [4.78, 5) is 36.2. The van der Waals surface area contributed by atoms with Crippen molar-refractivity contribution < 1.29 is 4.79 Å². The molecular weight excluding hydrogens is 328 g/mol. The lowest BCUT2D eigenvalue weighted by atomic mass is 9.84. The van der Waals surface area contributed by atoms with Crippen LogP contribution in [0.5, 0.6) is 0 Å². The number of benzene rings is 1. The first-order valence-corrected chi connectivity index (χ1v) is 9.06. The molecule has 0 saturated heterocycles. The van der Waals surface area contributed by atoms with Crippen LogP contribution >= 0.6 is 0 Å². The maximum Gasteiger partial charge on any atom is 0.330 e. The van der Waals surface area contributed by atoms with Crippen molar-refractivity contribution in [2.45, 2.75) is 38.0 Å². The molecule has 1 aliphatic carbocycles. The first-order valence-electron chi connectivity index (χ1n) is 9.06. The van der Waals surface area contributed by atoms with Crippen LogP contribution in [0.25, 0.3) is 6.08 Å². The summed E-state index contributed by atoms with van der Waals surface area (Å²) in [5.41, 5.74) is 1.41. The second kappa shape index (κ2) is 7.68. The number of hydrogen-bond donors (Lipinski definition) is 0. The van der Waals surface area contributed by atoms with Crippen LogP contribution in [0.1, 0.15) is 59.5 Å². The third-order valence-corrected chi connectivity index (χ3v) is 5.16. The zero-order chi connectivity index (χ0) is 18.7. The molecule has 0 N–H and O–H groups in total. The maximum absolute atomic E-state index is 12.4. The molecule has 0 unspecified atom stereocenters. The van der Waals surface area contributed by atoms with E-state index in [2.05, 4.69) is 0 Å². The molecule has 1 fully saturated rings. The summed E-state index contributed by atoms with van der Waals surface area (Å²) < 4.78 is 2.35. The number of nitrogens with zero attached hydrogens (tertiary/aromatic N) is 2. The zero-order valence-corrected chi connectivity index (χ0v) is 15.3. The summed E-state index contributed by atoms with van der Waals surface area (Å²) in [6.45, 7) is 0. The van der Waals surface area contributed by atoms with E-state index in [0.29, 0.717) is 17.0 Å². The molecular formula is C21H24N2O3. The van der Waals surface area contributed by atoms with E-state index in [1.165, 1.54) is 67.6 Å². The molecule has 0 spiro atoms. The molecule has 0 aliphatic heterocycles. The zero-order valence-electron chi connectivity index (χ0n) is 15.3. The summed E-state index contributed by atoms with van der Waals surface area (Å²) >= 11 is 0. The van der Waals surface area contributed by atoms with Crippen molar-refractivity contribution >= 4 is 11.9 Å². The van der Waals surface area contributed by atoms with Gasteiger partial charge in [0.2, 0.25) is 0 Å². The number of aromatic nitrogens is 2. The molecule has 0 radical (unpaired) electrons. The van der Waals surface area contributed by atoms with Crippen molar-refractivity contribution in [1.29, 1.82) is 0 Å². The average Bonchev–Trinajstić information content (AvgIpc) is 2.68. The summed E-state index contributed by atoms with van der Waals surface area (Å²) in [5, 5.41) is 0. The molecule has 3 rings (SSSR count). The van der Waals surface area contributed by atoms with Crippen molar-refractivity contribution in [2.75, 3.05) is 0 Å². The van der Waals surface area contributed by atoms with Gasteiger partial charge in [-0.05, 0) is 36.5 Å². The Morgan fingerprint density at radius 3 is 2.35 bits per heavy atom. The number of aryl methyl sites for hydroxylation is 1. The van der Waals surface area contributed by atoms with Crippen molar-refractivity contribution in [3.8, 4) is 0 Å². The Kier molecular flexibility index (Phi) is 5.35. The van der Waals surface area contributed by atoms with Crippen molar-refractivity contribution in [2.24, 2.45) is 14.1 Å². The summed E-state index contributed by atoms with van der Waals surface area (Å²) in [6.07, 6.45) is 10.6. The molecule has 26 heavy (non-hydrogen) atoms. The lowest BCUT2D eigenvalue weighted by Gasteiger charge is -2.21. The summed E-state index contributed by atoms with van der Waals surface area (Å²) in [6, 6.07) is 7.80. The molecule has 5 nitrogen and oxygen atoms in total. The molecule has 1 aliphatic rings. The van der Waals surface area contributed by atoms with Crippen LogP contribution in [0.15, 0.2) is 46.1 Å². The van der Waals surface area contributed by atoms with Gasteiger partial charge in [0.15, 0.2) is 5.78 Å². The number of ketones is 1. The van der Waals surface area contributed by atoms with Crippen LogP contribution in [0, 0.1) is 0 Å². The number of rotatable bonds is 4. The van der Waals surface area contributed by atoms with Crippen LogP contribution in [-0.2, 0) is 14.1 Å². The smallest absolute Gasteiger partial charge is 0.303 e. The van der Waals surface area contributed by atoms with Gasteiger partial charge in [0.1, 0.15) is 0 Å². The minimum atomic E-state index is -0.412. The predicted octanol–water partition coefficient (Wildman–Crippen LogP) is 3.03. The molecule has 5 heteroatoms. The molecule has 1 saturated carbocycles. The fourth-order valence-electron chi connectivity index (χ4n) is 3.57. The average molecular weight is 352 g/mol. The summed E-state index contributed by atoms with van der Waals surface area (Å²) in [7, 11) is 3.00. The van der Waals surface area contributed by atoms with Crippen LogP contribution in [0.3, 0.4) is 0 Å². The normalized spacial score (nSPS) is 15.5. The molecule has 0 atom stereocenters. The quantitative estimate of drug-likeness (QED) is 0.628. The second-order valence-corrected chi connectivity index (χ2v) is 7.00. The molecule has 136 valence electrons. The number of hydrogen-bond acceptors (Lipinski definition) is 3. The van der Waals surface area contributed by atoms with Gasteiger partial charge in [-0.3, -0.25) is 14.2 Å². The third-order valence-electron chi connectivity index (χ3n) is 5.16. The van der Waals surface area contributed by atoms with Gasteiger partial charge in [-0.25, -0.2) is 4.79 Å². The number of carbonyl (C=O) groups excluding carboxylic acids is 1. The summed E-state index contributed by atoms with van der Waals surface area (Å²) in [5.74, 6) is 0.452. The van der Waals surface area contributed by atoms with Crippen LogP contribution in [0.4, 0.5) is 0 Å². The van der Waals surface area contributed by atoms with Gasteiger partial charge < -0.3 is 4.57 Å². The van der Waals surface area contributed by atoms with E-state index in [1.807, 2.05) is 24.3 Å². The molecule has 0 amide bonds. The number of carbonyl (C=O) groups is 1. The fourth-order valence-corrected chi connectivity index (χ4v) is 3.57. The van der Waals surface area contributed by atoms with E-state index >= 15 is 0 Å². The first kappa shape index (κ1) is 18.1. The van der Waals surface area contributed by atoms with Crippen molar-refractivity contribution in [3.05, 3.63) is 74.1 Å². The van der Waals surface area contributed by atoms with Crippen LogP contribution in [-0.4, -0.2) is 14.9 Å². The van der Waals surface area contributed by atoms with Crippen molar-refractivity contribution in [3.63, 3.8) is 0 Å². The van der Waals surface area contributed by atoms with Gasteiger partial charge in [0, 0.05) is 25.9 Å². The fraction of sp³-hybridized carbons (Fsp3) is 0.381. The largest absolute Gasteiger partial charge is 0.330 e. The van der Waals surface area contributed by atoms with E-state index in [9.17, 15) is 14.4 Å². The van der Waals surface area contributed by atoms with E-state index in [4.69, 9.17) is 0 Å². The lowest BCUT2D eigenvalue weighted by molar-refractivity contribution is 0.104. The highest BCUT2D eigenvalue weighted by molar-refractivity contribution is 6.06. The highest BCUT2D eigenvalue weighted by atomic mass is 16.2. The lowest BCUT2D eigenvalue weighted by Crippen LogP contribution is -2.37. The SMILES string of the molecule is Cn1cc(/C=C/C(=O)c2ccc(C3CCCCC3)cc2)c(=O)n(C)c1=O. The number of allylic oxidation sites excluding steroid dienone is 1. The Morgan fingerprint density at radius 1 is 1.04 bits per heavy atom. The highest BCUT2D eigenvalue weighted by Gasteiger charge is 2.15. The standard InChI is InChI=1S/C21H24N2O3/c1-22-14-18(20(25)23(2)21(22)26)12-13-19(24)17-10-8-16(9-11-17)15-6-4-3-5-7-15/h8-15H,3-7H2,1-2H3/b13-12+. The Labute approximate surface area is 152 Å². The minimum Gasteiger partial charge on any atom is -0.303 e. The van der Waals surface area contributed by atoms with Crippen LogP contribution in [0.2, 0.25) is 0 Å². The van der Waals surface area contributed by atoms with E-state index in [0.717, 1.165) is 4.57 Å². The Balaban J connectivity index is 1.77. The van der Waals surface area contributed by atoms with E-state index in [-0.39, 0.29) is 5.78 Å². The first-order chi connectivity index (χ1) is 12.5. The Morgan fingerprint density at radius 2 is 1.69 bits per heavy atom. The van der Waals surface area contributed by atoms with Gasteiger partial charge in [0.25, 0.3) is 5.56 Å². The molecule has 1 heterocycles. The van der Waals surface area contributed by atoms with E-state index < -0.39 is 11.2 Å². The van der Waals surface area contributed by atoms with Gasteiger partial charge >= 0.3 is 5.69 Å². The maximum atomic E-state index is 12.4. The second-order valence-electron chi connectivity index (χ2n) is 7.00. The third kappa shape index (κ3) is 3.77. The predicted molar refractivity (Wildman–Crippen MR) is 103 cm³/mol. The van der Waals surface area contributed by atoms with E-state index in [1.54, 1.807) is 7.05 Å².